The number of hydrogen-bond donors (Lipinski definition) is 1. The minimum atomic E-state index is -0.144. The molecule has 2 heterocycles. The Morgan fingerprint density at radius 1 is 1.03 bits per heavy atom. The van der Waals surface area contributed by atoms with E-state index in [-0.39, 0.29) is 5.91 Å². The summed E-state index contributed by atoms with van der Waals surface area (Å²) in [5.74, 6) is 0.528. The topological polar surface area (TPSA) is 55.6 Å². The summed E-state index contributed by atoms with van der Waals surface area (Å²) in [5, 5.41) is 4.58. The van der Waals surface area contributed by atoms with Gasteiger partial charge in [0.1, 0.15) is 11.4 Å². The van der Waals surface area contributed by atoms with Gasteiger partial charge in [-0.05, 0) is 61.0 Å². The lowest BCUT2D eigenvalue weighted by molar-refractivity contribution is -0.115. The van der Waals surface area contributed by atoms with E-state index >= 15 is 0 Å². The number of amidine groups is 1. The maximum Gasteiger partial charge on any atom is 0.264 e. The number of aryl methyl sites for hydroxylation is 1. The molecule has 1 aliphatic heterocycles. The second-order valence-corrected chi connectivity index (χ2v) is 9.28. The lowest BCUT2D eigenvalue weighted by Gasteiger charge is -2.08. The predicted octanol–water partition coefficient (Wildman–Crippen LogP) is 6.21. The standard InChI is InChI=1S/C28H25N3O2S/c1-18-13-14-25(33-3)23(15-18)29-28-30-27(32)26(34-28)16-22-19(2)31(17-20-9-5-4-6-10-20)24-12-8-7-11-21(22)24/h4-16H,17H2,1-3H3,(H,29,30,32)/b26-16-. The van der Waals surface area contributed by atoms with Gasteiger partial charge in [0, 0.05) is 28.7 Å². The normalized spacial score (nSPS) is 15.9. The number of benzene rings is 3. The Bertz CT molecular complexity index is 1450. The van der Waals surface area contributed by atoms with E-state index in [9.17, 15) is 4.79 Å². The van der Waals surface area contributed by atoms with Gasteiger partial charge in [0.25, 0.3) is 5.91 Å². The minimum Gasteiger partial charge on any atom is -0.494 e. The van der Waals surface area contributed by atoms with Crippen molar-refractivity contribution in [3.8, 4) is 5.75 Å². The number of hydrogen-bond acceptors (Lipinski definition) is 4. The van der Waals surface area contributed by atoms with Crippen molar-refractivity contribution in [2.75, 3.05) is 7.11 Å². The third-order valence-corrected chi connectivity index (χ3v) is 6.86. The number of carbonyl (C=O) groups is 1. The highest BCUT2D eigenvalue weighted by Gasteiger charge is 2.25. The second-order valence-electron chi connectivity index (χ2n) is 8.25. The summed E-state index contributed by atoms with van der Waals surface area (Å²) < 4.78 is 7.74. The summed E-state index contributed by atoms with van der Waals surface area (Å²) in [5.41, 5.74) is 6.34. The van der Waals surface area contributed by atoms with Gasteiger partial charge in [-0.1, -0.05) is 54.6 Å². The molecule has 1 saturated heterocycles. The highest BCUT2D eigenvalue weighted by atomic mass is 32.2. The molecule has 34 heavy (non-hydrogen) atoms. The molecule has 5 nitrogen and oxygen atoms in total. The van der Waals surface area contributed by atoms with Crippen LogP contribution in [0.25, 0.3) is 17.0 Å². The van der Waals surface area contributed by atoms with Crippen molar-refractivity contribution in [2.24, 2.45) is 4.99 Å². The van der Waals surface area contributed by atoms with Gasteiger partial charge in [0.2, 0.25) is 0 Å². The highest BCUT2D eigenvalue weighted by molar-refractivity contribution is 8.18. The molecule has 0 radical (unpaired) electrons. The molecule has 1 aromatic heterocycles. The monoisotopic (exact) mass is 467 g/mol. The van der Waals surface area contributed by atoms with Crippen LogP contribution in [0, 0.1) is 13.8 Å². The molecule has 4 aromatic rings. The van der Waals surface area contributed by atoms with E-state index in [1.54, 1.807) is 7.11 Å². The van der Waals surface area contributed by atoms with Crippen molar-refractivity contribution in [1.29, 1.82) is 0 Å². The zero-order chi connectivity index (χ0) is 23.7. The number of nitrogens with one attached hydrogen (secondary N) is 1. The highest BCUT2D eigenvalue weighted by Crippen LogP contribution is 2.35. The molecule has 1 amide bonds. The number of methoxy groups -OCH3 is 1. The Morgan fingerprint density at radius 2 is 1.79 bits per heavy atom. The smallest absolute Gasteiger partial charge is 0.264 e. The van der Waals surface area contributed by atoms with E-state index in [1.165, 1.54) is 17.3 Å². The molecule has 0 bridgehead atoms. The average Bonchev–Trinajstić information content (AvgIpc) is 3.32. The van der Waals surface area contributed by atoms with Crippen LogP contribution in [0.2, 0.25) is 0 Å². The molecule has 1 N–H and O–H groups in total. The Balaban J connectivity index is 1.52. The minimum absolute atomic E-state index is 0.144. The average molecular weight is 468 g/mol. The van der Waals surface area contributed by atoms with Crippen LogP contribution in [0.3, 0.4) is 0 Å². The Hall–Kier alpha value is -3.77. The fourth-order valence-electron chi connectivity index (χ4n) is 4.22. The lowest BCUT2D eigenvalue weighted by Crippen LogP contribution is -2.19. The van der Waals surface area contributed by atoms with Crippen molar-refractivity contribution in [3.63, 3.8) is 0 Å². The van der Waals surface area contributed by atoms with Crippen LogP contribution in [-0.2, 0) is 11.3 Å². The van der Waals surface area contributed by atoms with Crippen LogP contribution in [-0.4, -0.2) is 22.8 Å². The van der Waals surface area contributed by atoms with Crippen LogP contribution >= 0.6 is 11.8 Å². The van der Waals surface area contributed by atoms with E-state index in [1.807, 2.05) is 43.3 Å². The number of nitrogens with zero attached hydrogens (tertiary/aromatic N) is 2. The van der Waals surface area contributed by atoms with Crippen LogP contribution in [0.4, 0.5) is 5.69 Å². The van der Waals surface area contributed by atoms with Gasteiger partial charge >= 0.3 is 0 Å². The van der Waals surface area contributed by atoms with Crippen LogP contribution in [0.1, 0.15) is 22.4 Å². The Morgan fingerprint density at radius 3 is 2.59 bits per heavy atom. The number of rotatable bonds is 5. The molecule has 170 valence electrons. The summed E-state index contributed by atoms with van der Waals surface area (Å²) in [6, 6.07) is 24.6. The lowest BCUT2D eigenvalue weighted by atomic mass is 10.1. The molecular formula is C28H25N3O2S. The molecule has 0 saturated carbocycles. The van der Waals surface area contributed by atoms with Gasteiger partial charge in [-0.2, -0.15) is 0 Å². The summed E-state index contributed by atoms with van der Waals surface area (Å²) in [7, 11) is 1.62. The predicted molar refractivity (Wildman–Crippen MR) is 141 cm³/mol. The number of aliphatic imine (C=N–C) groups is 1. The second kappa shape index (κ2) is 9.23. The first kappa shape index (κ1) is 22.0. The van der Waals surface area contributed by atoms with Gasteiger partial charge < -0.3 is 14.6 Å². The van der Waals surface area contributed by atoms with Gasteiger partial charge in [0.05, 0.1) is 12.0 Å². The van der Waals surface area contributed by atoms with Crippen LogP contribution < -0.4 is 10.1 Å². The number of carbonyl (C=O) groups excluding carboxylic acids is 1. The summed E-state index contributed by atoms with van der Waals surface area (Å²) in [4.78, 5) is 18.1. The largest absolute Gasteiger partial charge is 0.494 e. The number of thioether (sulfide) groups is 1. The molecule has 0 unspecified atom stereocenters. The number of amides is 1. The van der Waals surface area contributed by atoms with Crippen molar-refractivity contribution >= 4 is 45.5 Å². The van der Waals surface area contributed by atoms with Crippen molar-refractivity contribution in [3.05, 3.63) is 100 Å². The molecule has 0 aliphatic carbocycles. The van der Waals surface area contributed by atoms with Crippen LogP contribution in [0.15, 0.2) is 82.7 Å². The molecule has 0 atom stereocenters. The SMILES string of the molecule is COc1ccc(C)cc1N=C1NC(=O)/C(=C/c2c(C)n(Cc3ccccc3)c3ccccc23)S1. The number of ether oxygens (including phenoxy) is 1. The molecule has 0 spiro atoms. The molecule has 3 aromatic carbocycles. The maximum absolute atomic E-state index is 12.8. The van der Waals surface area contributed by atoms with E-state index in [2.05, 4.69) is 64.3 Å². The van der Waals surface area contributed by atoms with E-state index < -0.39 is 0 Å². The summed E-state index contributed by atoms with van der Waals surface area (Å²) >= 11 is 1.35. The first-order valence-electron chi connectivity index (χ1n) is 11.1. The number of fused-ring (bicyclic) bond motifs is 1. The molecular weight excluding hydrogens is 442 g/mol. The van der Waals surface area contributed by atoms with Gasteiger partial charge in [-0.3, -0.25) is 4.79 Å². The third-order valence-electron chi connectivity index (χ3n) is 5.95. The van der Waals surface area contributed by atoms with E-state index in [0.29, 0.717) is 21.5 Å². The van der Waals surface area contributed by atoms with Crippen molar-refractivity contribution in [2.45, 2.75) is 20.4 Å². The Kier molecular flexibility index (Phi) is 5.99. The first-order valence-corrected chi connectivity index (χ1v) is 11.9. The van der Waals surface area contributed by atoms with Gasteiger partial charge in [-0.15, -0.1) is 0 Å². The molecule has 1 fully saturated rings. The number of aromatic nitrogens is 1. The summed E-state index contributed by atoms with van der Waals surface area (Å²) in [6.07, 6.45) is 1.98. The van der Waals surface area contributed by atoms with E-state index in [0.717, 1.165) is 34.3 Å². The van der Waals surface area contributed by atoms with Crippen molar-refractivity contribution in [1.82, 2.24) is 9.88 Å². The van der Waals surface area contributed by atoms with Crippen LogP contribution in [0.5, 0.6) is 5.75 Å². The van der Waals surface area contributed by atoms with E-state index in [4.69, 9.17) is 4.74 Å². The van der Waals surface area contributed by atoms with Gasteiger partial charge in [-0.25, -0.2) is 4.99 Å². The Labute approximate surface area is 203 Å². The molecule has 6 heteroatoms. The summed E-state index contributed by atoms with van der Waals surface area (Å²) in [6.45, 7) is 4.89. The zero-order valence-electron chi connectivity index (χ0n) is 19.3. The van der Waals surface area contributed by atoms with Crippen molar-refractivity contribution < 1.29 is 9.53 Å². The zero-order valence-corrected chi connectivity index (χ0v) is 20.1. The van der Waals surface area contributed by atoms with Gasteiger partial charge in [0.15, 0.2) is 5.17 Å². The number of para-hydroxylation sites is 1. The molecule has 1 aliphatic rings. The quantitative estimate of drug-likeness (QED) is 0.355. The third kappa shape index (κ3) is 4.24. The fourth-order valence-corrected chi connectivity index (χ4v) is 5.03. The first-order chi connectivity index (χ1) is 16.5. The maximum atomic E-state index is 12.8. The molecule has 5 rings (SSSR count). The fraction of sp³-hybridized carbons (Fsp3) is 0.143.